The zero-order chi connectivity index (χ0) is 27.5. The third-order valence-electron chi connectivity index (χ3n) is 6.40. The van der Waals surface area contributed by atoms with Crippen molar-refractivity contribution in [1.82, 2.24) is 10.3 Å². The van der Waals surface area contributed by atoms with Crippen LogP contribution < -0.4 is 10.1 Å². The SMILES string of the molecule is Cc1oc(-c2ccccc2)nc1CCOc1ccc(CCC(=O)O)cc1CNC(=O)CCCCc1cccs1. The van der Waals surface area contributed by atoms with Crippen LogP contribution in [-0.2, 0) is 35.4 Å². The van der Waals surface area contributed by atoms with E-state index >= 15 is 0 Å². The molecule has 2 heterocycles. The van der Waals surface area contributed by atoms with Crippen LogP contribution in [0, 0.1) is 6.92 Å². The van der Waals surface area contributed by atoms with Gasteiger partial charge in [-0.1, -0.05) is 36.4 Å². The number of oxazole rings is 1. The molecule has 39 heavy (non-hydrogen) atoms. The summed E-state index contributed by atoms with van der Waals surface area (Å²) in [6.07, 6.45) is 4.29. The van der Waals surface area contributed by atoms with Gasteiger partial charge in [0.1, 0.15) is 11.5 Å². The molecule has 204 valence electrons. The van der Waals surface area contributed by atoms with Gasteiger partial charge in [-0.05, 0) is 67.8 Å². The molecule has 7 nitrogen and oxygen atoms in total. The van der Waals surface area contributed by atoms with Crippen LogP contribution in [0.15, 0.2) is 70.5 Å². The Hall–Kier alpha value is -3.91. The average Bonchev–Trinajstić information content (AvgIpc) is 3.60. The molecule has 0 spiro atoms. The molecular formula is C31H34N2O5S. The van der Waals surface area contributed by atoms with Crippen LogP contribution in [0.4, 0.5) is 0 Å². The number of rotatable bonds is 15. The fraction of sp³-hybridized carbons (Fsp3) is 0.323. The number of nitrogens with zero attached hydrogens (tertiary/aromatic N) is 1. The van der Waals surface area contributed by atoms with Crippen molar-refractivity contribution >= 4 is 23.2 Å². The van der Waals surface area contributed by atoms with E-state index in [9.17, 15) is 9.59 Å². The summed E-state index contributed by atoms with van der Waals surface area (Å²) in [7, 11) is 0. The van der Waals surface area contributed by atoms with E-state index in [1.54, 1.807) is 11.3 Å². The summed E-state index contributed by atoms with van der Waals surface area (Å²) in [5, 5.41) is 14.1. The average molecular weight is 547 g/mol. The first-order chi connectivity index (χ1) is 19.0. The summed E-state index contributed by atoms with van der Waals surface area (Å²) < 4.78 is 12.0. The van der Waals surface area contributed by atoms with Crippen molar-refractivity contribution in [3.8, 4) is 17.2 Å². The van der Waals surface area contributed by atoms with Gasteiger partial charge >= 0.3 is 5.97 Å². The summed E-state index contributed by atoms with van der Waals surface area (Å²) in [4.78, 5) is 29.5. The number of ether oxygens (including phenoxy) is 1. The van der Waals surface area contributed by atoms with Gasteiger partial charge < -0.3 is 19.6 Å². The first kappa shape index (κ1) is 28.1. The molecule has 0 aliphatic heterocycles. The lowest BCUT2D eigenvalue weighted by Gasteiger charge is -2.14. The molecule has 0 atom stereocenters. The summed E-state index contributed by atoms with van der Waals surface area (Å²) in [6.45, 7) is 2.61. The molecule has 8 heteroatoms. The second-order valence-corrected chi connectivity index (χ2v) is 10.4. The lowest BCUT2D eigenvalue weighted by molar-refractivity contribution is -0.137. The Morgan fingerprint density at radius 2 is 1.85 bits per heavy atom. The number of unbranched alkanes of at least 4 members (excludes halogenated alkanes) is 1. The fourth-order valence-electron chi connectivity index (χ4n) is 4.26. The predicted molar refractivity (Wildman–Crippen MR) is 152 cm³/mol. The molecule has 0 aliphatic carbocycles. The van der Waals surface area contributed by atoms with Crippen molar-refractivity contribution in [2.24, 2.45) is 0 Å². The topological polar surface area (TPSA) is 102 Å². The number of carbonyl (C=O) groups is 2. The van der Waals surface area contributed by atoms with Gasteiger partial charge in [0.05, 0.1) is 12.3 Å². The Morgan fingerprint density at radius 1 is 1.00 bits per heavy atom. The van der Waals surface area contributed by atoms with Crippen LogP contribution in [0.3, 0.4) is 0 Å². The minimum absolute atomic E-state index is 0.00488. The molecule has 0 bridgehead atoms. The zero-order valence-electron chi connectivity index (χ0n) is 22.2. The number of carboxylic acids is 1. The van der Waals surface area contributed by atoms with Crippen LogP contribution in [0.25, 0.3) is 11.5 Å². The number of carbonyl (C=O) groups excluding carboxylic acids is 1. The fourth-order valence-corrected chi connectivity index (χ4v) is 5.01. The molecule has 4 rings (SSSR count). The molecular weight excluding hydrogens is 512 g/mol. The smallest absolute Gasteiger partial charge is 0.303 e. The summed E-state index contributed by atoms with van der Waals surface area (Å²) >= 11 is 1.74. The van der Waals surface area contributed by atoms with Gasteiger partial charge in [0, 0.05) is 41.8 Å². The number of thiophene rings is 1. The summed E-state index contributed by atoms with van der Waals surface area (Å²) in [6, 6.07) is 19.6. The van der Waals surface area contributed by atoms with Crippen molar-refractivity contribution in [2.75, 3.05) is 6.61 Å². The molecule has 2 aromatic heterocycles. The van der Waals surface area contributed by atoms with Gasteiger partial charge in [0.15, 0.2) is 0 Å². The van der Waals surface area contributed by atoms with Crippen molar-refractivity contribution < 1.29 is 23.8 Å². The standard InChI is InChI=1S/C31H34N2O5S/c1-22-27(33-31(38-22)24-8-3-2-4-9-24)17-18-37-28-15-13-23(14-16-30(35)36)20-25(28)21-32-29(34)12-6-5-10-26-11-7-19-39-26/h2-4,7-9,11,13,15,19-20H,5-6,10,12,14,16-18,21H2,1H3,(H,32,34)(H,35,36). The van der Waals surface area contributed by atoms with E-state index in [0.29, 0.717) is 44.1 Å². The minimum atomic E-state index is -0.842. The summed E-state index contributed by atoms with van der Waals surface area (Å²) in [5.74, 6) is 1.16. The van der Waals surface area contributed by atoms with Gasteiger partial charge in [-0.2, -0.15) is 0 Å². The number of aromatic nitrogens is 1. The maximum absolute atomic E-state index is 12.5. The minimum Gasteiger partial charge on any atom is -0.493 e. The van der Waals surface area contributed by atoms with E-state index in [4.69, 9.17) is 14.3 Å². The highest BCUT2D eigenvalue weighted by Gasteiger charge is 2.13. The van der Waals surface area contributed by atoms with Crippen molar-refractivity contribution in [3.63, 3.8) is 0 Å². The van der Waals surface area contributed by atoms with Gasteiger partial charge in [0.25, 0.3) is 0 Å². The number of hydrogen-bond donors (Lipinski definition) is 2. The molecule has 4 aromatic rings. The van der Waals surface area contributed by atoms with Crippen LogP contribution >= 0.6 is 11.3 Å². The Morgan fingerprint density at radius 3 is 2.62 bits per heavy atom. The van der Waals surface area contributed by atoms with E-state index < -0.39 is 5.97 Å². The van der Waals surface area contributed by atoms with Gasteiger partial charge in [-0.3, -0.25) is 9.59 Å². The largest absolute Gasteiger partial charge is 0.493 e. The molecule has 0 fully saturated rings. The maximum atomic E-state index is 12.5. The zero-order valence-corrected chi connectivity index (χ0v) is 23.0. The third-order valence-corrected chi connectivity index (χ3v) is 7.33. The highest BCUT2D eigenvalue weighted by Crippen LogP contribution is 2.24. The van der Waals surface area contributed by atoms with E-state index in [1.165, 1.54) is 4.88 Å². The number of nitrogens with one attached hydrogen (secondary N) is 1. The molecule has 2 N–H and O–H groups in total. The highest BCUT2D eigenvalue weighted by molar-refractivity contribution is 7.09. The predicted octanol–water partition coefficient (Wildman–Crippen LogP) is 6.38. The molecule has 0 saturated carbocycles. The molecule has 1 amide bonds. The first-order valence-electron chi connectivity index (χ1n) is 13.2. The Bertz CT molecular complexity index is 1350. The lowest BCUT2D eigenvalue weighted by atomic mass is 10.0. The Kier molecular flexibility index (Phi) is 10.3. The molecule has 0 radical (unpaired) electrons. The number of hydrogen-bond acceptors (Lipinski definition) is 6. The van der Waals surface area contributed by atoms with Crippen molar-refractivity contribution in [2.45, 2.75) is 58.4 Å². The maximum Gasteiger partial charge on any atom is 0.303 e. The van der Waals surface area contributed by atoms with Crippen LogP contribution in [0.2, 0.25) is 0 Å². The van der Waals surface area contributed by atoms with Crippen molar-refractivity contribution in [1.29, 1.82) is 0 Å². The first-order valence-corrected chi connectivity index (χ1v) is 14.1. The van der Waals surface area contributed by atoms with Gasteiger partial charge in [-0.15, -0.1) is 11.3 Å². The highest BCUT2D eigenvalue weighted by atomic mass is 32.1. The number of carboxylic acid groups (broad SMARTS) is 1. The van der Waals surface area contributed by atoms with Crippen LogP contribution in [0.1, 0.15) is 53.1 Å². The lowest BCUT2D eigenvalue weighted by Crippen LogP contribution is -2.23. The van der Waals surface area contributed by atoms with Crippen molar-refractivity contribution in [3.05, 3.63) is 93.5 Å². The molecule has 0 unspecified atom stereocenters. The molecule has 0 aliphatic rings. The van der Waals surface area contributed by atoms with Gasteiger partial charge in [-0.25, -0.2) is 4.98 Å². The van der Waals surface area contributed by atoms with E-state index in [1.807, 2.05) is 61.5 Å². The number of amides is 1. The molecule has 0 saturated heterocycles. The molecule has 2 aromatic carbocycles. The van der Waals surface area contributed by atoms with Gasteiger partial charge in [0.2, 0.25) is 11.8 Å². The Labute approximate surface area is 232 Å². The van der Waals surface area contributed by atoms with Crippen LogP contribution in [-0.4, -0.2) is 28.6 Å². The second kappa shape index (κ2) is 14.3. The van der Waals surface area contributed by atoms with E-state index in [2.05, 4.69) is 21.7 Å². The third kappa shape index (κ3) is 8.82. The normalized spacial score (nSPS) is 10.9. The van der Waals surface area contributed by atoms with E-state index in [0.717, 1.165) is 47.4 Å². The quantitative estimate of drug-likeness (QED) is 0.168. The number of benzene rings is 2. The monoisotopic (exact) mass is 546 g/mol. The number of aliphatic carboxylic acids is 1. The number of aryl methyl sites for hydroxylation is 3. The second-order valence-electron chi connectivity index (χ2n) is 9.39. The Balaban J connectivity index is 1.33. The van der Waals surface area contributed by atoms with Crippen LogP contribution in [0.5, 0.6) is 5.75 Å². The summed E-state index contributed by atoms with van der Waals surface area (Å²) in [5.41, 5.74) is 3.48. The van der Waals surface area contributed by atoms with E-state index in [-0.39, 0.29) is 12.3 Å².